The highest BCUT2D eigenvalue weighted by Crippen LogP contribution is 2.47. The first kappa shape index (κ1) is 26.2. The maximum Gasteiger partial charge on any atom is 0.162 e. The highest BCUT2D eigenvalue weighted by Gasteiger charge is 2.25. The van der Waals surface area contributed by atoms with Crippen LogP contribution in [-0.4, -0.2) is 18.9 Å². The predicted octanol–water partition coefficient (Wildman–Crippen LogP) is 11.9. The number of benzene rings is 8. The Balaban J connectivity index is 1.23. The van der Waals surface area contributed by atoms with Gasteiger partial charge in [0, 0.05) is 43.3 Å². The molecule has 4 aromatic heterocycles. The zero-order chi connectivity index (χ0) is 32.5. The van der Waals surface area contributed by atoms with E-state index in [0.29, 0.717) is 5.82 Å². The fourth-order valence-electron chi connectivity index (χ4n) is 8.70. The minimum atomic E-state index is 0.715. The minimum absolute atomic E-state index is 0.715. The van der Waals surface area contributed by atoms with Gasteiger partial charge in [0.2, 0.25) is 0 Å². The minimum Gasteiger partial charge on any atom is -0.308 e. The van der Waals surface area contributed by atoms with Gasteiger partial charge in [-0.25, -0.2) is 9.97 Å². The van der Waals surface area contributed by atoms with Crippen molar-refractivity contribution < 1.29 is 0 Å². The van der Waals surface area contributed by atoms with Crippen LogP contribution in [0.25, 0.3) is 110 Å². The van der Waals surface area contributed by atoms with Gasteiger partial charge in [-0.1, -0.05) is 115 Å². The Morgan fingerprint density at radius 3 is 1.84 bits per heavy atom. The molecule has 0 unspecified atom stereocenters. The lowest BCUT2D eigenvalue weighted by molar-refractivity contribution is 1.08. The summed E-state index contributed by atoms with van der Waals surface area (Å²) in [7, 11) is 0. The highest BCUT2D eigenvalue weighted by atomic mass is 15.1. The van der Waals surface area contributed by atoms with Crippen molar-refractivity contribution in [3.8, 4) is 17.2 Å². The molecule has 12 rings (SSSR count). The number of aromatic nitrogens is 4. The molecular weight excluding hydrogens is 609 g/mol. The third kappa shape index (κ3) is 3.30. The average Bonchev–Trinajstić information content (AvgIpc) is 3.81. The van der Waals surface area contributed by atoms with E-state index in [1.54, 1.807) is 0 Å². The summed E-state index contributed by atoms with van der Waals surface area (Å²) in [6.07, 6.45) is 0. The van der Waals surface area contributed by atoms with Crippen LogP contribution in [0.4, 0.5) is 0 Å². The Morgan fingerprint density at radius 1 is 0.380 bits per heavy atom. The third-order valence-electron chi connectivity index (χ3n) is 10.8. The van der Waals surface area contributed by atoms with E-state index in [-0.39, 0.29) is 0 Å². The number of nitrogens with zero attached hydrogens (tertiary/aromatic N) is 4. The summed E-state index contributed by atoms with van der Waals surface area (Å²) < 4.78 is 4.84. The van der Waals surface area contributed by atoms with Crippen LogP contribution in [0.3, 0.4) is 0 Å². The molecule has 0 fully saturated rings. The van der Waals surface area contributed by atoms with Crippen molar-refractivity contribution in [3.05, 3.63) is 158 Å². The van der Waals surface area contributed by atoms with Gasteiger partial charge in [0.15, 0.2) is 5.82 Å². The number of hydrogen-bond acceptors (Lipinski definition) is 2. The third-order valence-corrected chi connectivity index (χ3v) is 10.8. The Morgan fingerprint density at radius 2 is 1.00 bits per heavy atom. The fourth-order valence-corrected chi connectivity index (χ4v) is 8.70. The predicted molar refractivity (Wildman–Crippen MR) is 209 cm³/mol. The first-order valence-corrected chi connectivity index (χ1v) is 17.1. The zero-order valence-electron chi connectivity index (χ0n) is 26.8. The van der Waals surface area contributed by atoms with Crippen molar-refractivity contribution in [2.75, 3.05) is 0 Å². The second-order valence-corrected chi connectivity index (χ2v) is 13.4. The van der Waals surface area contributed by atoms with Gasteiger partial charge in [-0.15, -0.1) is 0 Å². The van der Waals surface area contributed by atoms with E-state index in [4.69, 9.17) is 9.97 Å². The van der Waals surface area contributed by atoms with Crippen LogP contribution in [0.1, 0.15) is 0 Å². The molecule has 0 amide bonds. The molecule has 12 aromatic rings. The summed E-state index contributed by atoms with van der Waals surface area (Å²) in [5.41, 5.74) is 7.94. The highest BCUT2D eigenvalue weighted by molar-refractivity contribution is 6.35. The summed E-state index contributed by atoms with van der Waals surface area (Å²) in [4.78, 5) is 10.6. The lowest BCUT2D eigenvalue weighted by Crippen LogP contribution is -2.02. The Labute approximate surface area is 285 Å². The van der Waals surface area contributed by atoms with E-state index in [0.717, 1.165) is 33.3 Å². The number of rotatable bonds is 2. The van der Waals surface area contributed by atoms with Crippen molar-refractivity contribution in [1.29, 1.82) is 0 Å². The summed E-state index contributed by atoms with van der Waals surface area (Å²) in [6, 6.07) is 56.8. The average molecular weight is 635 g/mol. The van der Waals surface area contributed by atoms with Crippen LogP contribution in [0, 0.1) is 0 Å². The van der Waals surface area contributed by atoms with Crippen LogP contribution in [0.5, 0.6) is 0 Å². The molecule has 0 saturated carbocycles. The van der Waals surface area contributed by atoms with E-state index in [2.05, 4.69) is 167 Å². The second-order valence-electron chi connectivity index (χ2n) is 13.4. The molecule has 4 heteroatoms. The first-order valence-electron chi connectivity index (χ1n) is 17.1. The zero-order valence-corrected chi connectivity index (χ0v) is 26.8. The first-order chi connectivity index (χ1) is 24.8. The van der Waals surface area contributed by atoms with E-state index < -0.39 is 0 Å². The molecule has 4 heterocycles. The fraction of sp³-hybridized carbons (Fsp3) is 0. The maximum atomic E-state index is 5.47. The number of hydrogen-bond donors (Lipinski definition) is 0. The van der Waals surface area contributed by atoms with Crippen LogP contribution in [0.15, 0.2) is 158 Å². The summed E-state index contributed by atoms with van der Waals surface area (Å²) in [5.74, 6) is 1.60. The normalized spacial score (nSPS) is 12.4. The van der Waals surface area contributed by atoms with E-state index >= 15 is 0 Å². The number of para-hydroxylation sites is 4. The molecule has 0 spiro atoms. The summed E-state index contributed by atoms with van der Waals surface area (Å²) in [5, 5.41) is 13.5. The van der Waals surface area contributed by atoms with Crippen molar-refractivity contribution in [2.45, 2.75) is 0 Å². The van der Waals surface area contributed by atoms with Gasteiger partial charge < -0.3 is 4.40 Å². The molecule has 0 aliphatic carbocycles. The Kier molecular flexibility index (Phi) is 4.94. The monoisotopic (exact) mass is 634 g/mol. The molecule has 0 saturated heterocycles. The molecule has 4 nitrogen and oxygen atoms in total. The topological polar surface area (TPSA) is 35.1 Å². The lowest BCUT2D eigenvalue weighted by atomic mass is 10.00. The molecule has 230 valence electrons. The van der Waals surface area contributed by atoms with Crippen LogP contribution in [-0.2, 0) is 0 Å². The number of fused-ring (bicyclic) bond motifs is 14. The van der Waals surface area contributed by atoms with Crippen molar-refractivity contribution in [2.24, 2.45) is 0 Å². The lowest BCUT2D eigenvalue weighted by Gasteiger charge is -2.13. The molecule has 0 aliphatic rings. The van der Waals surface area contributed by atoms with Crippen molar-refractivity contribution >= 4 is 92.3 Å². The van der Waals surface area contributed by atoms with Crippen LogP contribution >= 0.6 is 0 Å². The van der Waals surface area contributed by atoms with Crippen molar-refractivity contribution in [3.63, 3.8) is 0 Å². The molecule has 0 N–H and O–H groups in total. The summed E-state index contributed by atoms with van der Waals surface area (Å²) in [6.45, 7) is 0. The van der Waals surface area contributed by atoms with Gasteiger partial charge in [0.25, 0.3) is 0 Å². The van der Waals surface area contributed by atoms with Gasteiger partial charge in [0.1, 0.15) is 5.82 Å². The molecular formula is C46H26N4. The van der Waals surface area contributed by atoms with Gasteiger partial charge in [-0.2, -0.15) is 0 Å². The van der Waals surface area contributed by atoms with E-state index in [1.807, 2.05) is 0 Å². The molecule has 0 atom stereocenters. The Bertz CT molecular complexity index is 3380. The summed E-state index contributed by atoms with van der Waals surface area (Å²) >= 11 is 0. The van der Waals surface area contributed by atoms with Gasteiger partial charge in [-0.05, 0) is 64.0 Å². The van der Waals surface area contributed by atoms with Gasteiger partial charge >= 0.3 is 0 Å². The molecule has 0 bridgehead atoms. The SMILES string of the molecule is c1ccc2c(c1)ccc1cc(-c3nc(-n4c5ccccc5c5c6c7ccccc7n7c8ccccc8c(cc54)c67)c4ccccc4n3)ccc12. The van der Waals surface area contributed by atoms with Gasteiger partial charge in [-0.3, -0.25) is 4.57 Å². The van der Waals surface area contributed by atoms with Gasteiger partial charge in [0.05, 0.1) is 33.1 Å². The quantitative estimate of drug-likeness (QED) is 0.177. The molecule has 50 heavy (non-hydrogen) atoms. The van der Waals surface area contributed by atoms with Crippen molar-refractivity contribution in [1.82, 2.24) is 18.9 Å². The van der Waals surface area contributed by atoms with Crippen LogP contribution in [0.2, 0.25) is 0 Å². The largest absolute Gasteiger partial charge is 0.308 e. The molecule has 8 aromatic carbocycles. The maximum absolute atomic E-state index is 5.47. The van der Waals surface area contributed by atoms with E-state index in [9.17, 15) is 0 Å². The van der Waals surface area contributed by atoms with E-state index in [1.165, 1.54) is 70.4 Å². The smallest absolute Gasteiger partial charge is 0.162 e. The van der Waals surface area contributed by atoms with Crippen LogP contribution < -0.4 is 0 Å². The second kappa shape index (κ2) is 9.43. The Hall–Kier alpha value is -6.78. The molecule has 0 radical (unpaired) electrons. The molecule has 0 aliphatic heterocycles. The standard InChI is InChI=1S/C46H26N4/c1-2-12-30-27(11-1)21-22-28-25-29(23-24-31(28)30)45-47-37-17-7-3-14-33(37)46(48-45)50-40-20-10-5-15-34(40)42-41(50)26-36-32-13-4-8-18-38(32)49-39-19-9-6-16-35(39)43(42)44(36)49/h1-26H.